The van der Waals surface area contributed by atoms with E-state index in [4.69, 9.17) is 23.7 Å². The molecule has 8 nitrogen and oxygen atoms in total. The molecule has 44 heavy (non-hydrogen) atoms. The molecule has 2 aliphatic carbocycles. The van der Waals surface area contributed by atoms with E-state index in [1.807, 2.05) is 48.5 Å². The molecular formula is C36H35NO7. The molecule has 8 heteroatoms. The minimum absolute atomic E-state index is 0.0579. The number of ether oxygens (including phenoxy) is 5. The predicted octanol–water partition coefficient (Wildman–Crippen LogP) is 6.82. The van der Waals surface area contributed by atoms with Crippen LogP contribution in [0.15, 0.2) is 78.9 Å². The number of methoxy groups -OCH3 is 4. The number of fused-ring (bicyclic) bond motifs is 4. The van der Waals surface area contributed by atoms with Gasteiger partial charge in [0, 0.05) is 11.5 Å². The van der Waals surface area contributed by atoms with Gasteiger partial charge in [-0.25, -0.2) is 4.79 Å². The van der Waals surface area contributed by atoms with Gasteiger partial charge in [0.15, 0.2) is 11.5 Å². The molecule has 226 valence electrons. The third-order valence-electron chi connectivity index (χ3n) is 8.36. The molecule has 0 spiro atoms. The number of hydrogen-bond donors (Lipinski definition) is 2. The molecule has 0 saturated heterocycles. The number of carbonyl (C=O) groups excluding carboxylic acids is 1. The Morgan fingerprint density at radius 3 is 2.09 bits per heavy atom. The second kappa shape index (κ2) is 12.3. The van der Waals surface area contributed by atoms with Crippen molar-refractivity contribution >= 4 is 17.4 Å². The standard InChI is InChI=1S/C36H35NO7/c1-40-32-16-13-21(28-18-22(38)14-15-27-29(28)19-33(41-2)35(43-4)34(27)42-3)17-31(32)37-36(39)44-20-30-25-11-7-5-9-23(25)24-10-6-8-12-26(24)30/h5-13,16-19,22,30,38H,14-15,20H2,1-4H3,(H,37,39). The molecule has 1 amide bonds. The third kappa shape index (κ3) is 5.22. The summed E-state index contributed by atoms with van der Waals surface area (Å²) in [5.74, 6) is 1.99. The fourth-order valence-corrected chi connectivity index (χ4v) is 6.33. The molecule has 1 atom stereocenters. The highest BCUT2D eigenvalue weighted by molar-refractivity contribution is 5.91. The first kappa shape index (κ1) is 29.1. The fraction of sp³-hybridized carbons (Fsp3) is 0.250. The lowest BCUT2D eigenvalue weighted by molar-refractivity contribution is 0.158. The molecule has 2 N–H and O–H groups in total. The van der Waals surface area contributed by atoms with Crippen LogP contribution in [0.4, 0.5) is 10.5 Å². The summed E-state index contributed by atoms with van der Waals surface area (Å²) in [7, 11) is 6.28. The van der Waals surface area contributed by atoms with E-state index in [1.165, 1.54) is 0 Å². The number of carbonyl (C=O) groups is 1. The number of hydrogen-bond acceptors (Lipinski definition) is 7. The number of aliphatic hydroxyl groups excluding tert-OH is 1. The van der Waals surface area contributed by atoms with Crippen molar-refractivity contribution in [1.82, 2.24) is 0 Å². The summed E-state index contributed by atoms with van der Waals surface area (Å²) in [6.45, 7) is 0.189. The Morgan fingerprint density at radius 2 is 1.45 bits per heavy atom. The lowest BCUT2D eigenvalue weighted by atomic mass is 9.92. The van der Waals surface area contributed by atoms with E-state index in [0.717, 1.165) is 44.5 Å². The Labute approximate surface area is 256 Å². The van der Waals surface area contributed by atoms with Crippen LogP contribution >= 0.6 is 0 Å². The van der Waals surface area contributed by atoms with Crippen molar-refractivity contribution in [3.8, 4) is 34.1 Å². The molecule has 6 rings (SSSR count). The van der Waals surface area contributed by atoms with Crippen molar-refractivity contribution in [2.24, 2.45) is 0 Å². The topological polar surface area (TPSA) is 95.5 Å². The van der Waals surface area contributed by atoms with E-state index in [9.17, 15) is 9.90 Å². The van der Waals surface area contributed by atoms with Crippen molar-refractivity contribution in [2.75, 3.05) is 40.4 Å². The third-order valence-corrected chi connectivity index (χ3v) is 8.36. The minimum Gasteiger partial charge on any atom is -0.495 e. The number of nitrogens with one attached hydrogen (secondary N) is 1. The highest BCUT2D eigenvalue weighted by Gasteiger charge is 2.30. The fourth-order valence-electron chi connectivity index (χ4n) is 6.33. The summed E-state index contributed by atoms with van der Waals surface area (Å²) in [5.41, 5.74) is 8.31. The Hall–Kier alpha value is -4.95. The first-order valence-electron chi connectivity index (χ1n) is 14.5. The monoisotopic (exact) mass is 593 g/mol. The van der Waals surface area contributed by atoms with Gasteiger partial charge in [0.05, 0.1) is 40.2 Å². The zero-order valence-electron chi connectivity index (χ0n) is 25.2. The first-order valence-corrected chi connectivity index (χ1v) is 14.5. The van der Waals surface area contributed by atoms with Gasteiger partial charge in [-0.1, -0.05) is 54.6 Å². The van der Waals surface area contributed by atoms with Crippen LogP contribution in [0, 0.1) is 0 Å². The zero-order valence-corrected chi connectivity index (χ0v) is 25.2. The van der Waals surface area contributed by atoms with Crippen molar-refractivity contribution < 1.29 is 33.6 Å². The lowest BCUT2D eigenvalue weighted by Crippen LogP contribution is -2.18. The van der Waals surface area contributed by atoms with Crippen LogP contribution in [0.25, 0.3) is 16.7 Å². The lowest BCUT2D eigenvalue weighted by Gasteiger charge is -2.21. The van der Waals surface area contributed by atoms with Crippen molar-refractivity contribution in [2.45, 2.75) is 24.9 Å². The maximum absolute atomic E-state index is 13.2. The van der Waals surface area contributed by atoms with Crippen molar-refractivity contribution in [3.63, 3.8) is 0 Å². The van der Waals surface area contributed by atoms with Gasteiger partial charge in [-0.15, -0.1) is 0 Å². The molecule has 2 aliphatic rings. The number of amides is 1. The van der Waals surface area contributed by atoms with Crippen LogP contribution in [0.1, 0.15) is 40.2 Å². The predicted molar refractivity (Wildman–Crippen MR) is 169 cm³/mol. The summed E-state index contributed by atoms with van der Waals surface area (Å²) in [5, 5.41) is 13.7. The van der Waals surface area contributed by atoms with Crippen LogP contribution < -0.4 is 24.3 Å². The molecular weight excluding hydrogens is 558 g/mol. The van der Waals surface area contributed by atoms with Crippen molar-refractivity contribution in [1.29, 1.82) is 0 Å². The maximum Gasteiger partial charge on any atom is 0.411 e. The quantitative estimate of drug-likeness (QED) is 0.231. The van der Waals surface area contributed by atoms with Gasteiger partial charge in [-0.05, 0) is 76.1 Å². The summed E-state index contributed by atoms with van der Waals surface area (Å²) >= 11 is 0. The van der Waals surface area contributed by atoms with E-state index in [0.29, 0.717) is 41.5 Å². The number of rotatable bonds is 8. The number of benzene rings is 4. The van der Waals surface area contributed by atoms with Gasteiger partial charge < -0.3 is 28.8 Å². The van der Waals surface area contributed by atoms with Crippen LogP contribution in [-0.2, 0) is 11.2 Å². The number of aliphatic hydroxyl groups is 1. The van der Waals surface area contributed by atoms with Gasteiger partial charge in [0.1, 0.15) is 12.4 Å². The van der Waals surface area contributed by atoms with E-state index in [2.05, 4.69) is 29.6 Å². The normalized spacial score (nSPS) is 15.2. The Kier molecular flexibility index (Phi) is 8.17. The molecule has 0 fully saturated rings. The molecule has 4 aromatic carbocycles. The van der Waals surface area contributed by atoms with Crippen LogP contribution in [-0.4, -0.2) is 52.3 Å². The van der Waals surface area contributed by atoms with E-state index >= 15 is 0 Å². The number of anilines is 1. The van der Waals surface area contributed by atoms with E-state index in [1.54, 1.807) is 34.5 Å². The molecule has 4 aromatic rings. The molecule has 1 unspecified atom stereocenters. The SMILES string of the molecule is COc1ccc(C2=CC(O)CCc3c2cc(OC)c(OC)c3OC)cc1NC(=O)OCC1c2ccccc2-c2ccccc21. The molecule has 0 bridgehead atoms. The van der Waals surface area contributed by atoms with Crippen LogP contribution in [0.5, 0.6) is 23.0 Å². The first-order chi connectivity index (χ1) is 21.5. The second-order valence-electron chi connectivity index (χ2n) is 10.7. The van der Waals surface area contributed by atoms with Gasteiger partial charge >= 0.3 is 6.09 Å². The van der Waals surface area contributed by atoms with Crippen molar-refractivity contribution in [3.05, 3.63) is 107 Å². The van der Waals surface area contributed by atoms with Gasteiger partial charge in [-0.2, -0.15) is 0 Å². The zero-order chi connectivity index (χ0) is 30.8. The molecule has 0 aromatic heterocycles. The Bertz CT molecular complexity index is 1700. The second-order valence-corrected chi connectivity index (χ2v) is 10.7. The minimum atomic E-state index is -0.695. The Balaban J connectivity index is 1.30. The smallest absolute Gasteiger partial charge is 0.411 e. The van der Waals surface area contributed by atoms with Crippen LogP contribution in [0.3, 0.4) is 0 Å². The maximum atomic E-state index is 13.2. The van der Waals surface area contributed by atoms with Gasteiger partial charge in [-0.3, -0.25) is 5.32 Å². The average Bonchev–Trinajstić information content (AvgIpc) is 3.27. The molecule has 0 saturated carbocycles. The Morgan fingerprint density at radius 1 is 0.795 bits per heavy atom. The largest absolute Gasteiger partial charge is 0.495 e. The highest BCUT2D eigenvalue weighted by Crippen LogP contribution is 2.47. The van der Waals surface area contributed by atoms with E-state index in [-0.39, 0.29) is 12.5 Å². The summed E-state index contributed by atoms with van der Waals surface area (Å²) in [6.07, 6.45) is 1.60. The van der Waals surface area contributed by atoms with Crippen LogP contribution in [0.2, 0.25) is 0 Å². The molecule has 0 radical (unpaired) electrons. The molecule has 0 aliphatic heterocycles. The van der Waals surface area contributed by atoms with Gasteiger partial charge in [0.25, 0.3) is 0 Å². The highest BCUT2D eigenvalue weighted by atomic mass is 16.5. The van der Waals surface area contributed by atoms with E-state index < -0.39 is 12.2 Å². The summed E-state index contributed by atoms with van der Waals surface area (Å²) in [6, 6.07) is 23.8. The summed E-state index contributed by atoms with van der Waals surface area (Å²) in [4.78, 5) is 13.2. The summed E-state index contributed by atoms with van der Waals surface area (Å²) < 4.78 is 28.4. The van der Waals surface area contributed by atoms with Gasteiger partial charge in [0.2, 0.25) is 5.75 Å². The molecule has 0 heterocycles. The average molecular weight is 594 g/mol.